The predicted molar refractivity (Wildman–Crippen MR) is 40.3 cm³/mol. The Morgan fingerprint density at radius 2 is 2.18 bits per heavy atom. The number of hydrogen-bond donors (Lipinski definition) is 2. The first kappa shape index (κ1) is 10.4. The second-order valence-electron chi connectivity index (χ2n) is 3.04. The monoisotopic (exact) mass is 163 g/mol. The van der Waals surface area contributed by atoms with Crippen molar-refractivity contribution in [1.29, 1.82) is 0 Å². The van der Waals surface area contributed by atoms with E-state index in [1.807, 2.05) is 13.8 Å². The van der Waals surface area contributed by atoms with Gasteiger partial charge in [-0.05, 0) is 6.92 Å². The summed E-state index contributed by atoms with van der Waals surface area (Å²) in [6.07, 6.45) is 0. The van der Waals surface area contributed by atoms with Gasteiger partial charge in [0.15, 0.2) is 0 Å². The molecule has 0 saturated heterocycles. The van der Waals surface area contributed by atoms with Crippen molar-refractivity contribution >= 4 is 5.97 Å². The fourth-order valence-corrected chi connectivity index (χ4v) is 0.471. The summed E-state index contributed by atoms with van der Waals surface area (Å²) in [5, 5.41) is 11.1. The van der Waals surface area contributed by atoms with Crippen LogP contribution in [0.25, 0.3) is 0 Å². The summed E-state index contributed by atoms with van der Waals surface area (Å²) < 4.78 is 12.9. The molecule has 2 N–H and O–H groups in total. The lowest BCUT2D eigenvalue weighted by Gasteiger charge is -2.17. The van der Waals surface area contributed by atoms with Gasteiger partial charge >= 0.3 is 5.97 Å². The lowest BCUT2D eigenvalue weighted by Crippen LogP contribution is -2.43. The lowest BCUT2D eigenvalue weighted by atomic mass is 10.1. The predicted octanol–water partition coefficient (Wildman–Crippen LogP) is 0.797. The second-order valence-corrected chi connectivity index (χ2v) is 3.04. The van der Waals surface area contributed by atoms with Gasteiger partial charge in [0.25, 0.3) is 0 Å². The van der Waals surface area contributed by atoms with Crippen LogP contribution in [0.15, 0.2) is 0 Å². The molecule has 0 aliphatic rings. The Bertz CT molecular complexity index is 145. The molecule has 1 unspecified atom stereocenters. The number of aliphatic carboxylic acids is 1. The maximum Gasteiger partial charge on any atom is 0.342 e. The van der Waals surface area contributed by atoms with Gasteiger partial charge in [-0.1, -0.05) is 13.8 Å². The van der Waals surface area contributed by atoms with E-state index in [0.717, 1.165) is 6.92 Å². The van der Waals surface area contributed by atoms with Crippen LogP contribution in [0.3, 0.4) is 0 Å². The Labute approximate surface area is 65.6 Å². The molecule has 0 bridgehead atoms. The number of nitrogens with one attached hydrogen (secondary N) is 1. The molecule has 0 amide bonds. The van der Waals surface area contributed by atoms with Crippen LogP contribution in [-0.2, 0) is 4.79 Å². The summed E-state index contributed by atoms with van der Waals surface area (Å²) in [6, 6.07) is 0.101. The molecule has 0 fully saturated rings. The average molecular weight is 163 g/mol. The van der Waals surface area contributed by atoms with Crippen molar-refractivity contribution in [1.82, 2.24) is 5.32 Å². The van der Waals surface area contributed by atoms with Crippen molar-refractivity contribution in [2.24, 2.45) is 0 Å². The normalized spacial score (nSPS) is 16.5. The van der Waals surface area contributed by atoms with Crippen molar-refractivity contribution in [3.63, 3.8) is 0 Å². The van der Waals surface area contributed by atoms with Gasteiger partial charge < -0.3 is 10.4 Å². The van der Waals surface area contributed by atoms with Crippen LogP contribution in [-0.4, -0.2) is 29.3 Å². The van der Waals surface area contributed by atoms with Crippen LogP contribution in [0.1, 0.15) is 20.8 Å². The maximum absolute atomic E-state index is 12.9. The molecule has 0 spiro atoms. The van der Waals surface area contributed by atoms with Crippen LogP contribution in [0.5, 0.6) is 0 Å². The van der Waals surface area contributed by atoms with Gasteiger partial charge in [0.1, 0.15) is 0 Å². The molecular weight excluding hydrogens is 149 g/mol. The highest BCUT2D eigenvalue weighted by molar-refractivity contribution is 5.76. The van der Waals surface area contributed by atoms with Gasteiger partial charge in [-0.25, -0.2) is 9.18 Å². The van der Waals surface area contributed by atoms with E-state index in [9.17, 15) is 9.18 Å². The van der Waals surface area contributed by atoms with Gasteiger partial charge in [-0.3, -0.25) is 0 Å². The number of carbonyl (C=O) groups is 1. The third-order valence-electron chi connectivity index (χ3n) is 1.29. The molecule has 4 heteroatoms. The van der Waals surface area contributed by atoms with Gasteiger partial charge in [0.2, 0.25) is 5.67 Å². The molecule has 0 aliphatic carbocycles. The summed E-state index contributed by atoms with van der Waals surface area (Å²) in [5.41, 5.74) is -2.16. The Morgan fingerprint density at radius 1 is 1.73 bits per heavy atom. The summed E-state index contributed by atoms with van der Waals surface area (Å²) in [6.45, 7) is 4.56. The van der Waals surface area contributed by atoms with Crippen molar-refractivity contribution < 1.29 is 14.3 Å². The molecule has 66 valence electrons. The molecule has 0 rings (SSSR count). The molecule has 0 heterocycles. The first-order valence-corrected chi connectivity index (χ1v) is 3.52. The topological polar surface area (TPSA) is 49.3 Å². The number of carboxylic acid groups (broad SMARTS) is 1. The van der Waals surface area contributed by atoms with E-state index < -0.39 is 11.6 Å². The van der Waals surface area contributed by atoms with Crippen LogP contribution < -0.4 is 5.32 Å². The first-order valence-electron chi connectivity index (χ1n) is 3.52. The summed E-state index contributed by atoms with van der Waals surface area (Å²) in [7, 11) is 0. The van der Waals surface area contributed by atoms with Crippen LogP contribution in [0, 0.1) is 0 Å². The van der Waals surface area contributed by atoms with Crippen LogP contribution in [0.2, 0.25) is 0 Å². The minimum absolute atomic E-state index is 0.101. The number of rotatable bonds is 4. The third-order valence-corrected chi connectivity index (χ3v) is 1.29. The molecule has 0 aromatic rings. The fraction of sp³-hybridized carbons (Fsp3) is 0.857. The standard InChI is InChI=1S/C7H14FNO2/c1-5(2)9-4-7(3,8)6(10)11/h5,9H,4H2,1-3H3,(H,10,11). The molecular formula is C7H14FNO2. The smallest absolute Gasteiger partial charge is 0.342 e. The zero-order valence-electron chi connectivity index (χ0n) is 7.02. The van der Waals surface area contributed by atoms with E-state index in [1.165, 1.54) is 0 Å². The Balaban J connectivity index is 3.83. The van der Waals surface area contributed by atoms with Gasteiger partial charge in [-0.15, -0.1) is 0 Å². The van der Waals surface area contributed by atoms with E-state index >= 15 is 0 Å². The van der Waals surface area contributed by atoms with Crippen molar-refractivity contribution in [3.05, 3.63) is 0 Å². The van der Waals surface area contributed by atoms with Crippen LogP contribution >= 0.6 is 0 Å². The Kier molecular flexibility index (Phi) is 3.45. The third kappa shape index (κ3) is 3.93. The van der Waals surface area contributed by atoms with Crippen molar-refractivity contribution in [3.8, 4) is 0 Å². The SMILES string of the molecule is CC(C)NCC(C)(F)C(=O)O. The molecule has 0 radical (unpaired) electrons. The lowest BCUT2D eigenvalue weighted by molar-refractivity contribution is -0.149. The van der Waals surface area contributed by atoms with Crippen LogP contribution in [0.4, 0.5) is 4.39 Å². The van der Waals surface area contributed by atoms with E-state index in [-0.39, 0.29) is 12.6 Å². The summed E-state index contributed by atoms with van der Waals surface area (Å²) in [4.78, 5) is 10.2. The molecule has 11 heavy (non-hydrogen) atoms. The maximum atomic E-state index is 12.9. The number of alkyl halides is 1. The largest absolute Gasteiger partial charge is 0.479 e. The zero-order valence-corrected chi connectivity index (χ0v) is 7.02. The number of halogens is 1. The number of hydrogen-bond acceptors (Lipinski definition) is 2. The summed E-state index contributed by atoms with van der Waals surface area (Å²) in [5.74, 6) is -1.43. The minimum atomic E-state index is -2.16. The van der Waals surface area contributed by atoms with Gasteiger partial charge in [-0.2, -0.15) is 0 Å². The molecule has 3 nitrogen and oxygen atoms in total. The Hall–Kier alpha value is -0.640. The van der Waals surface area contributed by atoms with E-state index in [4.69, 9.17) is 5.11 Å². The fourth-order valence-electron chi connectivity index (χ4n) is 0.471. The highest BCUT2D eigenvalue weighted by Crippen LogP contribution is 2.08. The van der Waals surface area contributed by atoms with Gasteiger partial charge in [0, 0.05) is 12.6 Å². The number of carboxylic acids is 1. The molecule has 0 aromatic heterocycles. The highest BCUT2D eigenvalue weighted by Gasteiger charge is 2.32. The first-order chi connectivity index (χ1) is 4.86. The molecule has 1 atom stereocenters. The van der Waals surface area contributed by atoms with E-state index in [0.29, 0.717) is 0 Å². The average Bonchev–Trinajstić information content (AvgIpc) is 1.84. The highest BCUT2D eigenvalue weighted by atomic mass is 19.1. The minimum Gasteiger partial charge on any atom is -0.479 e. The van der Waals surface area contributed by atoms with Gasteiger partial charge in [0.05, 0.1) is 0 Å². The van der Waals surface area contributed by atoms with Crippen molar-refractivity contribution in [2.75, 3.05) is 6.54 Å². The van der Waals surface area contributed by atoms with E-state index in [2.05, 4.69) is 5.32 Å². The van der Waals surface area contributed by atoms with Crippen molar-refractivity contribution in [2.45, 2.75) is 32.5 Å². The molecule has 0 aromatic carbocycles. The van der Waals surface area contributed by atoms with E-state index in [1.54, 1.807) is 0 Å². The Morgan fingerprint density at radius 3 is 2.45 bits per heavy atom. The molecule has 0 saturated carbocycles. The summed E-state index contributed by atoms with van der Waals surface area (Å²) >= 11 is 0. The zero-order chi connectivity index (χ0) is 9.07. The quantitative estimate of drug-likeness (QED) is 0.644. The second kappa shape index (κ2) is 3.67. The molecule has 0 aliphatic heterocycles.